The van der Waals surface area contributed by atoms with Gasteiger partial charge in [0, 0.05) is 12.6 Å². The molecule has 41 heavy (non-hydrogen) atoms. The van der Waals surface area contributed by atoms with Gasteiger partial charge in [0.1, 0.15) is 18.4 Å². The van der Waals surface area contributed by atoms with Gasteiger partial charge in [0.05, 0.1) is 10.6 Å². The summed E-state index contributed by atoms with van der Waals surface area (Å²) in [4.78, 5) is 28.9. The molecule has 0 unspecified atom stereocenters. The summed E-state index contributed by atoms with van der Waals surface area (Å²) in [5, 5.41) is 2.95. The van der Waals surface area contributed by atoms with Gasteiger partial charge in [0.2, 0.25) is 11.8 Å². The molecule has 3 aromatic rings. The van der Waals surface area contributed by atoms with Gasteiger partial charge in [-0.3, -0.25) is 13.9 Å². The number of sulfonamides is 1. The highest BCUT2D eigenvalue weighted by Gasteiger charge is 2.34. The van der Waals surface area contributed by atoms with Gasteiger partial charge in [-0.15, -0.1) is 0 Å². The highest BCUT2D eigenvalue weighted by atomic mass is 32.2. The van der Waals surface area contributed by atoms with Gasteiger partial charge in [0.25, 0.3) is 10.0 Å². The topological polar surface area (TPSA) is 86.8 Å². The molecule has 0 saturated carbocycles. The molecule has 0 fully saturated rings. The van der Waals surface area contributed by atoms with Crippen LogP contribution in [-0.2, 0) is 26.2 Å². The number of amides is 2. The molecule has 2 amide bonds. The van der Waals surface area contributed by atoms with Crippen LogP contribution in [0.3, 0.4) is 0 Å². The summed E-state index contributed by atoms with van der Waals surface area (Å²) in [5.41, 5.74) is 3.43. The minimum atomic E-state index is -4.16. The molecule has 3 rings (SSSR count). The summed E-state index contributed by atoms with van der Waals surface area (Å²) in [6, 6.07) is 16.7. The number of carbonyl (C=O) groups is 2. The number of carbonyl (C=O) groups excluding carboxylic acids is 2. The number of halogens is 1. The van der Waals surface area contributed by atoms with E-state index in [9.17, 15) is 22.4 Å². The van der Waals surface area contributed by atoms with Crippen molar-refractivity contribution in [1.29, 1.82) is 0 Å². The number of nitrogens with zero attached hydrogens (tertiary/aromatic N) is 2. The van der Waals surface area contributed by atoms with E-state index in [1.165, 1.54) is 29.2 Å². The number of nitrogens with one attached hydrogen (secondary N) is 1. The van der Waals surface area contributed by atoms with Crippen molar-refractivity contribution in [3.8, 4) is 0 Å². The molecule has 9 heteroatoms. The molecule has 0 aliphatic carbocycles. The van der Waals surface area contributed by atoms with E-state index in [4.69, 9.17) is 0 Å². The van der Waals surface area contributed by atoms with E-state index in [-0.39, 0.29) is 23.4 Å². The molecule has 0 aromatic heterocycles. The van der Waals surface area contributed by atoms with Crippen molar-refractivity contribution in [2.75, 3.05) is 10.8 Å². The Balaban J connectivity index is 2.10. The third-order valence-electron chi connectivity index (χ3n) is 7.17. The fourth-order valence-electron chi connectivity index (χ4n) is 4.49. The van der Waals surface area contributed by atoms with E-state index in [1.54, 1.807) is 44.2 Å². The molecule has 3 aromatic carbocycles. The second-order valence-electron chi connectivity index (χ2n) is 10.5. The van der Waals surface area contributed by atoms with Gasteiger partial charge in [-0.05, 0) is 87.6 Å². The molecule has 0 bridgehead atoms. The van der Waals surface area contributed by atoms with Crippen molar-refractivity contribution in [3.05, 3.63) is 94.8 Å². The first-order valence-corrected chi connectivity index (χ1v) is 15.3. The fourth-order valence-corrected chi connectivity index (χ4v) is 5.96. The predicted octanol–water partition coefficient (Wildman–Crippen LogP) is 5.67. The Kier molecular flexibility index (Phi) is 10.7. The van der Waals surface area contributed by atoms with Crippen LogP contribution < -0.4 is 9.62 Å². The molecule has 0 spiro atoms. The summed E-state index contributed by atoms with van der Waals surface area (Å²) in [6.45, 7) is 10.6. The Labute approximate surface area is 243 Å². The quantitative estimate of drug-likeness (QED) is 0.299. The molecule has 0 heterocycles. The molecular formula is C32H40FN3O4S. The molecule has 0 aliphatic rings. The van der Waals surface area contributed by atoms with Crippen LogP contribution in [0.4, 0.5) is 10.1 Å². The Morgan fingerprint density at radius 2 is 1.49 bits per heavy atom. The van der Waals surface area contributed by atoms with E-state index in [0.717, 1.165) is 15.4 Å². The zero-order valence-corrected chi connectivity index (χ0v) is 25.5. The van der Waals surface area contributed by atoms with E-state index >= 15 is 0 Å². The molecule has 0 aliphatic heterocycles. The number of rotatable bonds is 12. The summed E-state index contributed by atoms with van der Waals surface area (Å²) < 4.78 is 42.9. The molecule has 0 radical (unpaired) electrons. The van der Waals surface area contributed by atoms with Gasteiger partial charge in [-0.1, -0.05) is 55.8 Å². The molecule has 2 atom stereocenters. The average Bonchev–Trinajstić information content (AvgIpc) is 2.94. The Hall–Kier alpha value is -3.72. The predicted molar refractivity (Wildman–Crippen MR) is 161 cm³/mol. The van der Waals surface area contributed by atoms with Crippen molar-refractivity contribution in [2.45, 2.75) is 77.9 Å². The second kappa shape index (κ2) is 13.8. The maximum atomic E-state index is 14.2. The normalized spacial score (nSPS) is 12.9. The number of hydrogen-bond donors (Lipinski definition) is 1. The summed E-state index contributed by atoms with van der Waals surface area (Å²) in [7, 11) is -4.16. The van der Waals surface area contributed by atoms with Crippen molar-refractivity contribution < 1.29 is 22.4 Å². The minimum absolute atomic E-state index is 0.0107. The SMILES string of the molecule is CC[C@@H](C)NC(=O)[C@@H](CC)N(Cc1ccc(F)cc1)C(=O)CN(c1cc(C)ccc1C)S(=O)(=O)c1ccc(C)cc1. The van der Waals surface area contributed by atoms with Crippen LogP contribution in [0.5, 0.6) is 0 Å². The first kappa shape index (κ1) is 31.8. The van der Waals surface area contributed by atoms with E-state index < -0.39 is 34.3 Å². The van der Waals surface area contributed by atoms with Crippen molar-refractivity contribution in [1.82, 2.24) is 10.2 Å². The van der Waals surface area contributed by atoms with E-state index in [2.05, 4.69) is 5.32 Å². The van der Waals surface area contributed by atoms with Crippen LogP contribution in [0.15, 0.2) is 71.6 Å². The number of anilines is 1. The first-order valence-electron chi connectivity index (χ1n) is 13.9. The summed E-state index contributed by atoms with van der Waals surface area (Å²) >= 11 is 0. The average molecular weight is 582 g/mol. The lowest BCUT2D eigenvalue weighted by Gasteiger charge is -2.34. The third kappa shape index (κ3) is 7.94. The second-order valence-corrected chi connectivity index (χ2v) is 12.4. The van der Waals surface area contributed by atoms with Crippen LogP contribution >= 0.6 is 0 Å². The van der Waals surface area contributed by atoms with Gasteiger partial charge in [0.15, 0.2) is 0 Å². The van der Waals surface area contributed by atoms with Gasteiger partial charge < -0.3 is 10.2 Å². The maximum Gasteiger partial charge on any atom is 0.264 e. The van der Waals surface area contributed by atoms with Crippen LogP contribution in [-0.4, -0.2) is 43.8 Å². The summed E-state index contributed by atoms with van der Waals surface area (Å²) in [6.07, 6.45) is 1.02. The third-order valence-corrected chi connectivity index (χ3v) is 8.95. The zero-order valence-electron chi connectivity index (χ0n) is 24.6. The van der Waals surface area contributed by atoms with Gasteiger partial charge >= 0.3 is 0 Å². The minimum Gasteiger partial charge on any atom is -0.352 e. The monoisotopic (exact) mass is 581 g/mol. The van der Waals surface area contributed by atoms with Crippen LogP contribution in [0.25, 0.3) is 0 Å². The Bertz CT molecular complexity index is 1460. The van der Waals surface area contributed by atoms with Gasteiger partial charge in [-0.2, -0.15) is 0 Å². The largest absolute Gasteiger partial charge is 0.352 e. The standard InChI is InChI=1S/C32H40FN3O4S/c1-7-25(6)34-32(38)29(8-2)35(20-26-13-15-27(33)16-14-26)31(37)21-36(30-19-23(4)9-12-24(30)5)41(39,40)28-17-10-22(3)11-18-28/h9-19,25,29H,7-8,20-21H2,1-6H3,(H,34,38)/t25-,29-/m1/s1. The number of benzene rings is 3. The highest BCUT2D eigenvalue weighted by Crippen LogP contribution is 2.29. The van der Waals surface area contributed by atoms with E-state index in [0.29, 0.717) is 29.7 Å². The Morgan fingerprint density at radius 3 is 2.07 bits per heavy atom. The lowest BCUT2D eigenvalue weighted by molar-refractivity contribution is -0.140. The molecule has 7 nitrogen and oxygen atoms in total. The number of hydrogen-bond acceptors (Lipinski definition) is 4. The van der Waals surface area contributed by atoms with Crippen LogP contribution in [0.2, 0.25) is 0 Å². The lowest BCUT2D eigenvalue weighted by Crippen LogP contribution is -2.53. The zero-order chi connectivity index (χ0) is 30.3. The number of aryl methyl sites for hydroxylation is 3. The summed E-state index contributed by atoms with van der Waals surface area (Å²) in [5.74, 6) is -1.28. The van der Waals surface area contributed by atoms with Crippen LogP contribution in [0, 0.1) is 26.6 Å². The van der Waals surface area contributed by atoms with Crippen molar-refractivity contribution >= 4 is 27.5 Å². The Morgan fingerprint density at radius 1 is 0.878 bits per heavy atom. The van der Waals surface area contributed by atoms with Crippen molar-refractivity contribution in [3.63, 3.8) is 0 Å². The highest BCUT2D eigenvalue weighted by molar-refractivity contribution is 7.92. The van der Waals surface area contributed by atoms with E-state index in [1.807, 2.05) is 39.8 Å². The van der Waals surface area contributed by atoms with Crippen molar-refractivity contribution in [2.24, 2.45) is 0 Å². The molecule has 220 valence electrons. The lowest BCUT2D eigenvalue weighted by atomic mass is 10.1. The first-order chi connectivity index (χ1) is 19.4. The maximum absolute atomic E-state index is 14.2. The molecule has 1 N–H and O–H groups in total. The molecular weight excluding hydrogens is 541 g/mol. The molecule has 0 saturated heterocycles. The van der Waals surface area contributed by atoms with Crippen LogP contribution in [0.1, 0.15) is 55.9 Å². The fraction of sp³-hybridized carbons (Fsp3) is 0.375. The van der Waals surface area contributed by atoms with Gasteiger partial charge in [-0.25, -0.2) is 12.8 Å². The smallest absolute Gasteiger partial charge is 0.264 e.